The number of hydrogen-bond donors (Lipinski definition) is 3. The van der Waals surface area contributed by atoms with E-state index in [2.05, 4.69) is 41.5 Å². The molecular weight excluding hydrogens is 1410 g/mol. The minimum Gasteiger partial charge on any atom is -0.462 e. The first-order valence-corrected chi connectivity index (χ1v) is 49.5. The number of aliphatic hydroxyl groups is 1. The van der Waals surface area contributed by atoms with E-state index in [1.165, 1.54) is 302 Å². The normalized spacial score (nSPS) is 14.0. The van der Waals surface area contributed by atoms with Gasteiger partial charge in [0.25, 0.3) is 0 Å². The highest BCUT2D eigenvalue weighted by Crippen LogP contribution is 2.45. The van der Waals surface area contributed by atoms with Gasteiger partial charge in [-0.25, -0.2) is 9.13 Å². The molecule has 0 bridgehead atoms. The van der Waals surface area contributed by atoms with Crippen molar-refractivity contribution >= 4 is 39.5 Å². The lowest BCUT2D eigenvalue weighted by atomic mass is 9.99. The van der Waals surface area contributed by atoms with Crippen molar-refractivity contribution in [3.63, 3.8) is 0 Å². The number of hydrogen-bond acceptors (Lipinski definition) is 15. The molecule has 6 atom stereocenters. The third-order valence-corrected chi connectivity index (χ3v) is 23.5. The molecule has 0 aromatic carbocycles. The van der Waals surface area contributed by atoms with Crippen molar-refractivity contribution in [3.8, 4) is 0 Å². The maximum Gasteiger partial charge on any atom is 0.472 e. The lowest BCUT2D eigenvalue weighted by Crippen LogP contribution is -2.30. The number of carbonyl (C=O) groups excluding carboxylic acids is 4. The molecule has 0 amide bonds. The zero-order valence-electron chi connectivity index (χ0n) is 71.9. The minimum absolute atomic E-state index is 0.108. The summed E-state index contributed by atoms with van der Waals surface area (Å²) in [6.45, 7) is 9.79. The Labute approximate surface area is 670 Å². The summed E-state index contributed by atoms with van der Waals surface area (Å²) in [4.78, 5) is 73.4. The van der Waals surface area contributed by atoms with Crippen molar-refractivity contribution in [1.29, 1.82) is 0 Å². The van der Waals surface area contributed by atoms with Crippen LogP contribution in [0.25, 0.3) is 0 Å². The van der Waals surface area contributed by atoms with Gasteiger partial charge in [0.2, 0.25) is 0 Å². The SMILES string of the molecule is CCCCCCCCCCCCCCCCCCCCCC(=O)OC[C@H](COP(=O)(O)OC[C@@H](O)COP(=O)(O)OC[C@@H](COC(=O)CCCCCCCCCCCCCCC)OC(=O)CCCCCCCCCCCCCCCCC(C)CC)OC(=O)CCCCCCCCCCCCCCCCCCC(C)C. The Morgan fingerprint density at radius 2 is 0.468 bits per heavy atom. The summed E-state index contributed by atoms with van der Waals surface area (Å²) in [5.41, 5.74) is 0. The van der Waals surface area contributed by atoms with Gasteiger partial charge in [0, 0.05) is 25.7 Å². The number of carbonyl (C=O) groups is 4. The van der Waals surface area contributed by atoms with Crippen LogP contribution in [0.1, 0.15) is 485 Å². The second-order valence-corrected chi connectivity index (χ2v) is 36.0. The van der Waals surface area contributed by atoms with Gasteiger partial charge in [-0.3, -0.25) is 37.3 Å². The minimum atomic E-state index is -4.97. The predicted octanol–water partition coefficient (Wildman–Crippen LogP) is 27.8. The Hall–Kier alpha value is -1.94. The first-order valence-electron chi connectivity index (χ1n) is 46.5. The number of phosphoric acid groups is 2. The van der Waals surface area contributed by atoms with Gasteiger partial charge in [-0.2, -0.15) is 0 Å². The van der Waals surface area contributed by atoms with E-state index in [4.69, 9.17) is 37.0 Å². The fraction of sp³-hybridized carbons (Fsp3) is 0.956. The first kappa shape index (κ1) is 107. The van der Waals surface area contributed by atoms with Crippen LogP contribution < -0.4 is 0 Å². The summed E-state index contributed by atoms with van der Waals surface area (Å²) in [6.07, 6.45) is 74.8. The quantitative estimate of drug-likeness (QED) is 0.0222. The van der Waals surface area contributed by atoms with Gasteiger partial charge >= 0.3 is 39.5 Å². The molecule has 0 radical (unpaired) electrons. The van der Waals surface area contributed by atoms with E-state index in [0.29, 0.717) is 25.7 Å². The van der Waals surface area contributed by atoms with Crippen LogP contribution in [-0.4, -0.2) is 96.7 Å². The van der Waals surface area contributed by atoms with E-state index in [-0.39, 0.29) is 25.7 Å². The second kappa shape index (κ2) is 81.2. The lowest BCUT2D eigenvalue weighted by molar-refractivity contribution is -0.161. The molecule has 0 aliphatic rings. The van der Waals surface area contributed by atoms with Gasteiger partial charge in [0.15, 0.2) is 12.2 Å². The highest BCUT2D eigenvalue weighted by molar-refractivity contribution is 7.47. The highest BCUT2D eigenvalue weighted by Gasteiger charge is 2.31. The fourth-order valence-corrected chi connectivity index (χ4v) is 15.7. The summed E-state index contributed by atoms with van der Waals surface area (Å²) in [7, 11) is -9.94. The van der Waals surface area contributed by atoms with Crippen molar-refractivity contribution in [2.45, 2.75) is 503 Å². The smallest absolute Gasteiger partial charge is 0.462 e. The van der Waals surface area contributed by atoms with Crippen molar-refractivity contribution in [1.82, 2.24) is 0 Å². The molecule has 648 valence electrons. The highest BCUT2D eigenvalue weighted by atomic mass is 31.2. The number of rotatable bonds is 89. The summed E-state index contributed by atoms with van der Waals surface area (Å²) in [5.74, 6) is -0.439. The van der Waals surface area contributed by atoms with Crippen molar-refractivity contribution in [2.24, 2.45) is 11.8 Å². The zero-order chi connectivity index (χ0) is 79.9. The molecule has 19 heteroatoms. The molecule has 0 fully saturated rings. The van der Waals surface area contributed by atoms with Crippen LogP contribution in [0, 0.1) is 11.8 Å². The Balaban J connectivity index is 5.27. The van der Waals surface area contributed by atoms with Crippen LogP contribution in [0.3, 0.4) is 0 Å². The molecule has 0 aromatic heterocycles. The molecule has 3 N–H and O–H groups in total. The number of esters is 4. The maximum absolute atomic E-state index is 13.2. The Bertz CT molecular complexity index is 2080. The molecule has 109 heavy (non-hydrogen) atoms. The molecule has 0 saturated carbocycles. The van der Waals surface area contributed by atoms with Gasteiger partial charge in [0.1, 0.15) is 19.3 Å². The lowest BCUT2D eigenvalue weighted by Gasteiger charge is -2.21. The van der Waals surface area contributed by atoms with Crippen molar-refractivity contribution < 1.29 is 80.2 Å². The van der Waals surface area contributed by atoms with E-state index < -0.39 is 97.5 Å². The molecule has 0 aromatic rings. The number of phosphoric ester groups is 2. The van der Waals surface area contributed by atoms with Crippen LogP contribution >= 0.6 is 15.6 Å². The standard InChI is InChI=1S/C90H176O17P2/c1-7-10-12-14-16-18-20-22-23-24-25-26-30-37-43-49-55-61-67-73-88(93)101-79-86(106-89(94)74-68-62-56-50-44-38-31-28-27-29-35-40-46-52-58-64-70-82(4)5)81-105-109(98,99)103-77-84(91)76-102-108(96,97)104-80-85(78-100-87(92)72-66-60-54-48-42-34-21-19-17-15-13-11-8-2)107-90(95)75-69-63-57-51-45-39-33-32-36-41-47-53-59-65-71-83(6)9-3/h82-86,91H,7-81H2,1-6H3,(H,96,97)(H,98,99)/t83?,84-,85+,86+/m0/s1. The van der Waals surface area contributed by atoms with Crippen LogP contribution in [0.2, 0.25) is 0 Å². The molecule has 17 nitrogen and oxygen atoms in total. The molecule has 0 aliphatic heterocycles. The van der Waals surface area contributed by atoms with Gasteiger partial charge < -0.3 is 33.8 Å². The van der Waals surface area contributed by atoms with E-state index in [1.54, 1.807) is 0 Å². The average molecular weight is 1590 g/mol. The number of ether oxygens (including phenoxy) is 4. The number of aliphatic hydroxyl groups excluding tert-OH is 1. The molecule has 0 heterocycles. The largest absolute Gasteiger partial charge is 0.472 e. The zero-order valence-corrected chi connectivity index (χ0v) is 73.7. The summed E-state index contributed by atoms with van der Waals surface area (Å²) in [5, 5.41) is 10.7. The van der Waals surface area contributed by atoms with E-state index in [9.17, 15) is 43.2 Å². The summed E-state index contributed by atoms with van der Waals surface area (Å²) >= 11 is 0. The van der Waals surface area contributed by atoms with E-state index >= 15 is 0 Å². The van der Waals surface area contributed by atoms with Gasteiger partial charge in [0.05, 0.1) is 26.4 Å². The Kier molecular flexibility index (Phi) is 79.8. The van der Waals surface area contributed by atoms with Crippen LogP contribution in [0.5, 0.6) is 0 Å². The molecule has 3 unspecified atom stereocenters. The Morgan fingerprint density at radius 1 is 0.266 bits per heavy atom. The van der Waals surface area contributed by atoms with Crippen LogP contribution in [0.15, 0.2) is 0 Å². The second-order valence-electron chi connectivity index (χ2n) is 33.1. The van der Waals surface area contributed by atoms with Gasteiger partial charge in [-0.1, -0.05) is 433 Å². The predicted molar refractivity (Wildman–Crippen MR) is 451 cm³/mol. The van der Waals surface area contributed by atoms with Gasteiger partial charge in [-0.05, 0) is 37.5 Å². The van der Waals surface area contributed by atoms with Gasteiger partial charge in [-0.15, -0.1) is 0 Å². The molecule has 0 aliphatic carbocycles. The topological polar surface area (TPSA) is 237 Å². The average Bonchev–Trinajstić information content (AvgIpc) is 0.898. The molecule has 0 spiro atoms. The summed E-state index contributed by atoms with van der Waals surface area (Å²) < 4.78 is 69.1. The maximum atomic E-state index is 13.2. The third-order valence-electron chi connectivity index (χ3n) is 21.6. The number of unbranched alkanes of at least 4 members (excludes halogenated alkanes) is 58. The van der Waals surface area contributed by atoms with Crippen molar-refractivity contribution in [3.05, 3.63) is 0 Å². The van der Waals surface area contributed by atoms with Crippen LogP contribution in [-0.2, 0) is 65.4 Å². The monoisotopic (exact) mass is 1590 g/mol. The summed E-state index contributed by atoms with van der Waals surface area (Å²) in [6, 6.07) is 0. The van der Waals surface area contributed by atoms with Crippen molar-refractivity contribution in [2.75, 3.05) is 39.6 Å². The first-order chi connectivity index (χ1) is 52.9. The van der Waals surface area contributed by atoms with E-state index in [0.717, 1.165) is 102 Å². The third kappa shape index (κ3) is 82.4. The molecule has 0 saturated heterocycles. The Morgan fingerprint density at radius 3 is 0.697 bits per heavy atom. The fourth-order valence-electron chi connectivity index (χ4n) is 14.1. The molecular formula is C90H176O17P2. The van der Waals surface area contributed by atoms with Crippen LogP contribution in [0.4, 0.5) is 0 Å². The molecule has 0 rings (SSSR count). The van der Waals surface area contributed by atoms with E-state index in [1.807, 2.05) is 0 Å².